The maximum atomic E-state index is 11.5. The van der Waals surface area contributed by atoms with Crippen molar-refractivity contribution in [3.8, 4) is 0 Å². The third kappa shape index (κ3) is 5.34. The van der Waals surface area contributed by atoms with E-state index in [0.29, 0.717) is 6.54 Å². The Morgan fingerprint density at radius 2 is 2.13 bits per heavy atom. The Bertz CT molecular complexity index is 221. The second-order valence-corrected chi connectivity index (χ2v) is 3.24. The zero-order chi connectivity index (χ0) is 11.8. The summed E-state index contributed by atoms with van der Waals surface area (Å²) in [5.41, 5.74) is 5.55. The molecule has 0 aliphatic heterocycles. The Kier molecular flexibility index (Phi) is 6.64. The largest absolute Gasteiger partial charge is 0.383 e. The molecule has 0 aliphatic carbocycles. The lowest BCUT2D eigenvalue weighted by Crippen LogP contribution is -2.45. The van der Waals surface area contributed by atoms with Gasteiger partial charge in [-0.15, -0.1) is 0 Å². The molecule has 0 bridgehead atoms. The number of amides is 2. The zero-order valence-electron chi connectivity index (χ0n) is 9.45. The molecule has 2 amide bonds. The predicted molar refractivity (Wildman–Crippen MR) is 56.2 cm³/mol. The maximum absolute atomic E-state index is 11.5. The first kappa shape index (κ1) is 13.9. The highest BCUT2D eigenvalue weighted by molar-refractivity contribution is 5.82. The molecular weight excluding hydrogens is 198 g/mol. The summed E-state index contributed by atoms with van der Waals surface area (Å²) < 4.78 is 4.77. The van der Waals surface area contributed by atoms with Crippen LogP contribution in [0.5, 0.6) is 0 Å². The molecule has 0 aromatic heterocycles. The van der Waals surface area contributed by atoms with E-state index in [-0.39, 0.29) is 24.8 Å². The van der Waals surface area contributed by atoms with E-state index in [4.69, 9.17) is 10.5 Å². The zero-order valence-corrected chi connectivity index (χ0v) is 9.45. The number of hydrogen-bond acceptors (Lipinski definition) is 4. The molecule has 15 heavy (non-hydrogen) atoms. The van der Waals surface area contributed by atoms with Gasteiger partial charge in [-0.1, -0.05) is 0 Å². The molecule has 6 nitrogen and oxygen atoms in total. The number of ether oxygens (including phenoxy) is 1. The minimum absolute atomic E-state index is 0.102. The summed E-state index contributed by atoms with van der Waals surface area (Å²) in [6, 6.07) is -0.662. The molecule has 0 aliphatic rings. The fraction of sp³-hybridized carbons (Fsp3) is 0.778. The van der Waals surface area contributed by atoms with Crippen molar-refractivity contribution >= 4 is 11.8 Å². The standard InChI is InChI=1S/C9H19N3O3/c1-11-8(13)4-5-12(2)9(14)7(10)6-15-3/h7H,4-6,10H2,1-3H3,(H,11,13). The number of rotatable bonds is 6. The van der Waals surface area contributed by atoms with Crippen molar-refractivity contribution in [3.05, 3.63) is 0 Å². The van der Waals surface area contributed by atoms with Gasteiger partial charge >= 0.3 is 0 Å². The van der Waals surface area contributed by atoms with Gasteiger partial charge in [-0.3, -0.25) is 9.59 Å². The van der Waals surface area contributed by atoms with Crippen LogP contribution in [0.25, 0.3) is 0 Å². The van der Waals surface area contributed by atoms with Gasteiger partial charge in [0.25, 0.3) is 0 Å². The lowest BCUT2D eigenvalue weighted by atomic mass is 10.2. The molecule has 0 spiro atoms. The number of carbonyl (C=O) groups excluding carboxylic acids is 2. The number of hydrogen-bond donors (Lipinski definition) is 2. The smallest absolute Gasteiger partial charge is 0.241 e. The van der Waals surface area contributed by atoms with E-state index in [1.807, 2.05) is 0 Å². The number of nitrogens with zero attached hydrogens (tertiary/aromatic N) is 1. The van der Waals surface area contributed by atoms with Crippen LogP contribution in [0.4, 0.5) is 0 Å². The van der Waals surface area contributed by atoms with E-state index in [1.165, 1.54) is 12.0 Å². The quantitative estimate of drug-likeness (QED) is 0.570. The number of methoxy groups -OCH3 is 1. The van der Waals surface area contributed by atoms with Gasteiger partial charge in [0.1, 0.15) is 6.04 Å². The van der Waals surface area contributed by atoms with Crippen molar-refractivity contribution < 1.29 is 14.3 Å². The summed E-state index contributed by atoms with van der Waals surface area (Å²) in [5, 5.41) is 2.48. The molecule has 0 rings (SSSR count). The first-order valence-corrected chi connectivity index (χ1v) is 4.73. The Morgan fingerprint density at radius 3 is 2.60 bits per heavy atom. The van der Waals surface area contributed by atoms with Crippen molar-refractivity contribution in [2.45, 2.75) is 12.5 Å². The maximum Gasteiger partial charge on any atom is 0.241 e. The van der Waals surface area contributed by atoms with Gasteiger partial charge in [-0.05, 0) is 0 Å². The van der Waals surface area contributed by atoms with Gasteiger partial charge in [0.15, 0.2) is 0 Å². The molecule has 0 heterocycles. The van der Waals surface area contributed by atoms with Gasteiger partial charge in [0.2, 0.25) is 11.8 Å². The molecular formula is C9H19N3O3. The van der Waals surface area contributed by atoms with E-state index in [1.54, 1.807) is 14.1 Å². The summed E-state index contributed by atoms with van der Waals surface area (Å²) in [4.78, 5) is 23.9. The van der Waals surface area contributed by atoms with Crippen LogP contribution in [0.1, 0.15) is 6.42 Å². The molecule has 0 saturated heterocycles. The van der Waals surface area contributed by atoms with E-state index >= 15 is 0 Å². The minimum Gasteiger partial charge on any atom is -0.383 e. The molecule has 3 N–H and O–H groups in total. The minimum atomic E-state index is -0.662. The van der Waals surface area contributed by atoms with E-state index in [9.17, 15) is 9.59 Å². The van der Waals surface area contributed by atoms with Gasteiger partial charge < -0.3 is 20.7 Å². The average Bonchev–Trinajstić information content (AvgIpc) is 2.24. The van der Waals surface area contributed by atoms with Gasteiger partial charge in [-0.2, -0.15) is 0 Å². The summed E-state index contributed by atoms with van der Waals surface area (Å²) in [6.07, 6.45) is 0.276. The Balaban J connectivity index is 3.93. The fourth-order valence-electron chi connectivity index (χ4n) is 1.04. The average molecular weight is 217 g/mol. The van der Waals surface area contributed by atoms with Crippen molar-refractivity contribution in [2.75, 3.05) is 34.4 Å². The van der Waals surface area contributed by atoms with Crippen LogP contribution in [0.15, 0.2) is 0 Å². The topological polar surface area (TPSA) is 84.7 Å². The van der Waals surface area contributed by atoms with Crippen molar-refractivity contribution in [1.82, 2.24) is 10.2 Å². The summed E-state index contributed by atoms with van der Waals surface area (Å²) >= 11 is 0. The summed E-state index contributed by atoms with van der Waals surface area (Å²) in [5.74, 6) is -0.323. The monoisotopic (exact) mass is 217 g/mol. The van der Waals surface area contributed by atoms with Crippen LogP contribution in [-0.4, -0.2) is 57.1 Å². The molecule has 88 valence electrons. The molecule has 6 heteroatoms. The second kappa shape index (κ2) is 7.19. The van der Waals surface area contributed by atoms with Gasteiger partial charge in [0.05, 0.1) is 6.61 Å². The fourth-order valence-corrected chi connectivity index (χ4v) is 1.04. The van der Waals surface area contributed by atoms with Crippen LogP contribution in [0.3, 0.4) is 0 Å². The highest BCUT2D eigenvalue weighted by Crippen LogP contribution is 1.93. The van der Waals surface area contributed by atoms with Gasteiger partial charge in [-0.25, -0.2) is 0 Å². The molecule has 1 atom stereocenters. The molecule has 0 aromatic carbocycles. The molecule has 0 aromatic rings. The highest BCUT2D eigenvalue weighted by Gasteiger charge is 2.17. The van der Waals surface area contributed by atoms with Crippen LogP contribution in [0.2, 0.25) is 0 Å². The van der Waals surface area contributed by atoms with Crippen LogP contribution >= 0.6 is 0 Å². The number of nitrogens with two attached hydrogens (primary N) is 1. The first-order chi connectivity index (χ1) is 7.02. The third-order valence-electron chi connectivity index (χ3n) is 1.99. The van der Waals surface area contributed by atoms with Gasteiger partial charge in [0, 0.05) is 34.2 Å². The second-order valence-electron chi connectivity index (χ2n) is 3.24. The normalized spacial score (nSPS) is 12.0. The Hall–Kier alpha value is -1.14. The molecule has 0 saturated carbocycles. The number of carbonyl (C=O) groups is 2. The molecule has 0 fully saturated rings. The summed E-state index contributed by atoms with van der Waals surface area (Å²) in [7, 11) is 4.65. The summed E-state index contributed by atoms with van der Waals surface area (Å²) in [6.45, 7) is 0.541. The Labute approximate surface area is 89.7 Å². The Morgan fingerprint density at radius 1 is 1.53 bits per heavy atom. The molecule has 0 radical (unpaired) electrons. The van der Waals surface area contributed by atoms with E-state index in [2.05, 4.69) is 5.32 Å². The number of nitrogens with one attached hydrogen (secondary N) is 1. The third-order valence-corrected chi connectivity index (χ3v) is 1.99. The lowest BCUT2D eigenvalue weighted by molar-refractivity contribution is -0.133. The van der Waals surface area contributed by atoms with Crippen molar-refractivity contribution in [2.24, 2.45) is 5.73 Å². The predicted octanol–water partition coefficient (Wildman–Crippen LogP) is -1.45. The van der Waals surface area contributed by atoms with Crippen LogP contribution < -0.4 is 11.1 Å². The first-order valence-electron chi connectivity index (χ1n) is 4.73. The van der Waals surface area contributed by atoms with E-state index in [0.717, 1.165) is 0 Å². The lowest BCUT2D eigenvalue weighted by Gasteiger charge is -2.20. The van der Waals surface area contributed by atoms with Crippen LogP contribution in [-0.2, 0) is 14.3 Å². The van der Waals surface area contributed by atoms with Crippen LogP contribution in [0, 0.1) is 0 Å². The van der Waals surface area contributed by atoms with Crippen molar-refractivity contribution in [3.63, 3.8) is 0 Å². The highest BCUT2D eigenvalue weighted by atomic mass is 16.5. The SMILES string of the molecule is CNC(=O)CCN(C)C(=O)C(N)COC. The number of likely N-dealkylation sites (N-methyl/N-ethyl adjacent to an activating group) is 1. The van der Waals surface area contributed by atoms with Crippen molar-refractivity contribution in [1.29, 1.82) is 0 Å². The van der Waals surface area contributed by atoms with E-state index < -0.39 is 6.04 Å². The molecule has 1 unspecified atom stereocenters.